The van der Waals surface area contributed by atoms with Gasteiger partial charge in [0.1, 0.15) is 17.7 Å². The van der Waals surface area contributed by atoms with E-state index in [0.717, 1.165) is 38.1 Å². The van der Waals surface area contributed by atoms with E-state index in [2.05, 4.69) is 51.8 Å². The summed E-state index contributed by atoms with van der Waals surface area (Å²) in [4.78, 5) is 2.56. The van der Waals surface area contributed by atoms with Gasteiger partial charge < -0.3 is 4.74 Å². The molecule has 2 nitrogen and oxygen atoms in total. The van der Waals surface area contributed by atoms with E-state index in [9.17, 15) is 4.39 Å². The molecule has 1 aliphatic heterocycles. The molecule has 3 heteroatoms. The number of piperidine rings is 1. The molecule has 1 aliphatic rings. The van der Waals surface area contributed by atoms with E-state index in [4.69, 9.17) is 4.74 Å². The van der Waals surface area contributed by atoms with Gasteiger partial charge in [-0.05, 0) is 68.4 Å². The average Bonchev–Trinajstić information content (AvgIpc) is 2.67. The van der Waals surface area contributed by atoms with Gasteiger partial charge in [-0.2, -0.15) is 0 Å². The fourth-order valence-corrected chi connectivity index (χ4v) is 4.01. The quantitative estimate of drug-likeness (QED) is 0.266. The first-order valence-corrected chi connectivity index (χ1v) is 10.5. The third-order valence-electron chi connectivity index (χ3n) is 5.60. The Balaban J connectivity index is 2.07. The van der Waals surface area contributed by atoms with Gasteiger partial charge >= 0.3 is 0 Å². The van der Waals surface area contributed by atoms with E-state index in [-0.39, 0.29) is 17.3 Å². The molecule has 1 aromatic carbocycles. The van der Waals surface area contributed by atoms with Crippen LogP contribution in [0.2, 0.25) is 0 Å². The van der Waals surface area contributed by atoms with Crippen LogP contribution in [0.5, 0.6) is 0 Å². The molecule has 0 amide bonds. The van der Waals surface area contributed by atoms with E-state index >= 15 is 0 Å². The Morgan fingerprint density at radius 3 is 2.34 bits per heavy atom. The first kappa shape index (κ1) is 23.2. The van der Waals surface area contributed by atoms with Gasteiger partial charge in [0.15, 0.2) is 0 Å². The lowest BCUT2D eigenvalue weighted by atomic mass is 9.78. The normalized spacial score (nSPS) is 17.5. The lowest BCUT2D eigenvalue weighted by Gasteiger charge is -2.40. The zero-order chi connectivity index (χ0) is 21.4. The average molecular weight is 398 g/mol. The third kappa shape index (κ3) is 7.01. The van der Waals surface area contributed by atoms with Gasteiger partial charge in [0, 0.05) is 19.1 Å². The molecule has 0 spiro atoms. The van der Waals surface area contributed by atoms with Crippen molar-refractivity contribution in [1.82, 2.24) is 4.90 Å². The SMILES string of the molecule is C=C/C=C(\C=C)OC1CCN(C(C=C(C)C)CC(C)(C)c2ccc(F)cc2)CC1. The third-order valence-corrected chi connectivity index (χ3v) is 5.60. The summed E-state index contributed by atoms with van der Waals surface area (Å²) in [5.41, 5.74) is 2.46. The summed E-state index contributed by atoms with van der Waals surface area (Å²) < 4.78 is 19.4. The molecular weight excluding hydrogens is 361 g/mol. The standard InChI is InChI=1S/C26H36FNO/c1-7-9-24(8-2)29-25-14-16-28(17-15-25)23(18-20(3)4)19-26(5,6)21-10-12-22(27)13-11-21/h7-13,18,23,25H,1-2,14-17,19H2,3-6H3/b24-9+. The highest BCUT2D eigenvalue weighted by atomic mass is 19.1. The molecule has 1 unspecified atom stereocenters. The Hall–Kier alpha value is -2.13. The molecule has 0 saturated carbocycles. The van der Waals surface area contributed by atoms with E-state index in [1.165, 1.54) is 11.1 Å². The maximum absolute atomic E-state index is 13.4. The molecule has 0 bridgehead atoms. The second-order valence-electron chi connectivity index (χ2n) is 8.77. The number of likely N-dealkylation sites (tertiary alicyclic amines) is 1. The minimum atomic E-state index is -0.183. The maximum Gasteiger partial charge on any atom is 0.123 e. The summed E-state index contributed by atoms with van der Waals surface area (Å²) in [6, 6.07) is 7.30. The first-order chi connectivity index (χ1) is 13.7. The molecule has 158 valence electrons. The number of benzene rings is 1. The lowest BCUT2D eigenvalue weighted by molar-refractivity contribution is 0.0427. The Bertz CT molecular complexity index is 732. The molecule has 2 rings (SSSR count). The zero-order valence-electron chi connectivity index (χ0n) is 18.5. The highest BCUT2D eigenvalue weighted by Crippen LogP contribution is 2.32. The molecule has 1 saturated heterocycles. The van der Waals surface area contributed by atoms with E-state index in [1.54, 1.807) is 24.3 Å². The van der Waals surface area contributed by atoms with Crippen LogP contribution < -0.4 is 0 Å². The Morgan fingerprint density at radius 1 is 1.21 bits per heavy atom. The molecule has 1 heterocycles. The number of hydrogen-bond acceptors (Lipinski definition) is 2. The predicted molar refractivity (Wildman–Crippen MR) is 121 cm³/mol. The van der Waals surface area contributed by atoms with E-state index in [0.29, 0.717) is 6.04 Å². The number of halogens is 1. The summed E-state index contributed by atoms with van der Waals surface area (Å²) in [7, 11) is 0. The summed E-state index contributed by atoms with van der Waals surface area (Å²) in [5, 5.41) is 0. The van der Waals surface area contributed by atoms with Crippen molar-refractivity contribution in [2.75, 3.05) is 13.1 Å². The smallest absolute Gasteiger partial charge is 0.123 e. The summed E-state index contributed by atoms with van der Waals surface area (Å²) in [5.74, 6) is 0.605. The number of rotatable bonds is 9. The molecule has 0 aliphatic carbocycles. The maximum atomic E-state index is 13.4. The van der Waals surface area contributed by atoms with Gasteiger partial charge in [0.05, 0.1) is 0 Å². The molecular formula is C26H36FNO. The summed E-state index contributed by atoms with van der Waals surface area (Å²) in [6.45, 7) is 18.3. The lowest BCUT2D eigenvalue weighted by Crippen LogP contribution is -2.44. The first-order valence-electron chi connectivity index (χ1n) is 10.5. The second kappa shape index (κ2) is 10.6. The van der Waals surface area contributed by atoms with Gasteiger partial charge in [-0.3, -0.25) is 4.90 Å². The Labute approximate surface area is 176 Å². The number of hydrogen-bond donors (Lipinski definition) is 0. The molecule has 29 heavy (non-hydrogen) atoms. The van der Waals surface area contributed by atoms with Crippen molar-refractivity contribution in [2.45, 2.75) is 64.5 Å². The molecule has 1 fully saturated rings. The van der Waals surface area contributed by atoms with Crippen LogP contribution in [-0.4, -0.2) is 30.1 Å². The van der Waals surface area contributed by atoms with Crippen LogP contribution >= 0.6 is 0 Å². The highest BCUT2D eigenvalue weighted by molar-refractivity contribution is 5.25. The van der Waals surface area contributed by atoms with Crippen LogP contribution in [-0.2, 0) is 10.2 Å². The summed E-state index contributed by atoms with van der Waals surface area (Å²) >= 11 is 0. The van der Waals surface area contributed by atoms with Crippen LogP contribution in [0.1, 0.15) is 52.5 Å². The van der Waals surface area contributed by atoms with Gasteiger partial charge in [0.25, 0.3) is 0 Å². The van der Waals surface area contributed by atoms with E-state index < -0.39 is 0 Å². The number of nitrogens with zero attached hydrogens (tertiary/aromatic N) is 1. The van der Waals surface area contributed by atoms with Crippen molar-refractivity contribution in [3.8, 4) is 0 Å². The van der Waals surface area contributed by atoms with Crippen LogP contribution in [0.3, 0.4) is 0 Å². The molecule has 0 N–H and O–H groups in total. The van der Waals surface area contributed by atoms with Crippen molar-refractivity contribution in [2.24, 2.45) is 0 Å². The zero-order valence-corrected chi connectivity index (χ0v) is 18.5. The van der Waals surface area contributed by atoms with Crippen molar-refractivity contribution in [3.05, 3.63) is 84.4 Å². The minimum Gasteiger partial charge on any atom is -0.490 e. The van der Waals surface area contributed by atoms with E-state index in [1.807, 2.05) is 18.2 Å². The van der Waals surface area contributed by atoms with Crippen LogP contribution in [0, 0.1) is 5.82 Å². The minimum absolute atomic E-state index is 0.0413. The number of allylic oxidation sites excluding steroid dienone is 4. The molecule has 1 aromatic rings. The highest BCUT2D eigenvalue weighted by Gasteiger charge is 2.30. The fourth-order valence-electron chi connectivity index (χ4n) is 4.01. The molecule has 0 radical (unpaired) electrons. The van der Waals surface area contributed by atoms with Gasteiger partial charge in [-0.25, -0.2) is 4.39 Å². The van der Waals surface area contributed by atoms with Crippen molar-refractivity contribution >= 4 is 0 Å². The monoisotopic (exact) mass is 397 g/mol. The number of ether oxygens (including phenoxy) is 1. The van der Waals surface area contributed by atoms with Gasteiger partial charge in [-0.15, -0.1) is 0 Å². The Kier molecular flexibility index (Phi) is 8.45. The Morgan fingerprint density at radius 2 is 1.83 bits per heavy atom. The van der Waals surface area contributed by atoms with Gasteiger partial charge in [-0.1, -0.05) is 56.9 Å². The molecule has 1 atom stereocenters. The van der Waals surface area contributed by atoms with Crippen LogP contribution in [0.4, 0.5) is 4.39 Å². The topological polar surface area (TPSA) is 12.5 Å². The fraction of sp³-hybridized carbons (Fsp3) is 0.462. The second-order valence-corrected chi connectivity index (χ2v) is 8.77. The van der Waals surface area contributed by atoms with Crippen molar-refractivity contribution < 1.29 is 9.13 Å². The van der Waals surface area contributed by atoms with Crippen molar-refractivity contribution in [1.29, 1.82) is 0 Å². The van der Waals surface area contributed by atoms with Crippen LogP contribution in [0.15, 0.2) is 73.1 Å². The van der Waals surface area contributed by atoms with Gasteiger partial charge in [0.2, 0.25) is 0 Å². The largest absolute Gasteiger partial charge is 0.490 e. The van der Waals surface area contributed by atoms with Crippen LogP contribution in [0.25, 0.3) is 0 Å². The van der Waals surface area contributed by atoms with Crippen molar-refractivity contribution in [3.63, 3.8) is 0 Å². The predicted octanol–water partition coefficient (Wildman–Crippen LogP) is 6.57. The summed E-state index contributed by atoms with van der Waals surface area (Å²) in [6.07, 6.45) is 10.9. The molecule has 0 aromatic heterocycles.